The average Bonchev–Trinajstić information content (AvgIpc) is 2.74. The molecule has 1 aromatic rings. The van der Waals surface area contributed by atoms with Gasteiger partial charge in [-0.25, -0.2) is 19.9 Å². The number of benzene rings is 1. The van der Waals surface area contributed by atoms with Gasteiger partial charge in [0.05, 0.1) is 0 Å². The van der Waals surface area contributed by atoms with Crippen LogP contribution in [0.15, 0.2) is 24.3 Å². The molecule has 4 heteroatoms. The van der Waals surface area contributed by atoms with Gasteiger partial charge in [-0.15, -0.1) is 0 Å². The van der Waals surface area contributed by atoms with Crippen LogP contribution in [0, 0.1) is 0 Å². The molecule has 0 bridgehead atoms. The molecule has 0 saturated carbocycles. The molecule has 0 radical (unpaired) electrons. The third-order valence-corrected chi connectivity index (χ3v) is 3.46. The van der Waals surface area contributed by atoms with Crippen molar-refractivity contribution in [2.75, 3.05) is 0 Å². The first-order valence-electron chi connectivity index (χ1n) is 5.57. The van der Waals surface area contributed by atoms with Crippen LogP contribution in [-0.4, -0.2) is 11.5 Å². The van der Waals surface area contributed by atoms with E-state index in [1.807, 2.05) is 12.1 Å². The zero-order chi connectivity index (χ0) is 11.0. The molecule has 1 fully saturated rings. The normalized spacial score (nSPS) is 32.9. The van der Waals surface area contributed by atoms with Crippen molar-refractivity contribution in [2.24, 2.45) is 0 Å². The molecule has 3 rings (SSSR count). The maximum atomic E-state index is 8.62. The van der Waals surface area contributed by atoms with Gasteiger partial charge in [-0.2, -0.15) is 0 Å². The Bertz CT molecular complexity index is 392. The van der Waals surface area contributed by atoms with E-state index in [9.17, 15) is 0 Å². The van der Waals surface area contributed by atoms with Crippen LogP contribution in [0.3, 0.4) is 0 Å². The standard InChI is InChI=1S/C12H14O4/c13-14-11-8-12(16-15-11)7-3-5-9-4-1-2-6-10(9)12/h1-2,4,6,11,13H,3,5,7-8H2. The van der Waals surface area contributed by atoms with Crippen LogP contribution in [0.4, 0.5) is 0 Å². The molecule has 0 aromatic heterocycles. The van der Waals surface area contributed by atoms with Crippen molar-refractivity contribution in [3.05, 3.63) is 35.4 Å². The monoisotopic (exact) mass is 222 g/mol. The van der Waals surface area contributed by atoms with Crippen LogP contribution in [0.2, 0.25) is 0 Å². The van der Waals surface area contributed by atoms with Crippen molar-refractivity contribution in [2.45, 2.75) is 37.6 Å². The zero-order valence-corrected chi connectivity index (χ0v) is 8.89. The Hall–Kier alpha value is -0.940. The minimum atomic E-state index is -0.675. The average molecular weight is 222 g/mol. The summed E-state index contributed by atoms with van der Waals surface area (Å²) in [5.41, 5.74) is 2.04. The third kappa shape index (κ3) is 1.46. The molecule has 86 valence electrons. The van der Waals surface area contributed by atoms with Gasteiger partial charge < -0.3 is 0 Å². The molecule has 2 unspecified atom stereocenters. The Morgan fingerprint density at radius 2 is 2.25 bits per heavy atom. The fraction of sp³-hybridized carbons (Fsp3) is 0.500. The van der Waals surface area contributed by atoms with Gasteiger partial charge >= 0.3 is 0 Å². The zero-order valence-electron chi connectivity index (χ0n) is 8.89. The Labute approximate surface area is 93.6 Å². The second kappa shape index (κ2) is 3.82. The van der Waals surface area contributed by atoms with E-state index in [1.165, 1.54) is 11.1 Å². The molecule has 1 aromatic carbocycles. The highest BCUT2D eigenvalue weighted by atomic mass is 17.3. The number of fused-ring (bicyclic) bond motifs is 2. The van der Waals surface area contributed by atoms with E-state index in [4.69, 9.17) is 15.0 Å². The van der Waals surface area contributed by atoms with Gasteiger partial charge in [0.2, 0.25) is 6.29 Å². The predicted molar refractivity (Wildman–Crippen MR) is 55.3 cm³/mol. The minimum absolute atomic E-state index is 0.428. The summed E-state index contributed by atoms with van der Waals surface area (Å²) in [6.07, 6.45) is 2.92. The summed E-state index contributed by atoms with van der Waals surface area (Å²) in [5, 5.41) is 8.62. The summed E-state index contributed by atoms with van der Waals surface area (Å²) in [4.78, 5) is 14.6. The van der Waals surface area contributed by atoms with E-state index in [2.05, 4.69) is 17.0 Å². The smallest absolute Gasteiger partial charge is 0.227 e. The lowest BCUT2D eigenvalue weighted by Crippen LogP contribution is -2.30. The summed E-state index contributed by atoms with van der Waals surface area (Å²) < 4.78 is 0. The maximum Gasteiger partial charge on any atom is 0.227 e. The second-order valence-corrected chi connectivity index (χ2v) is 4.42. The van der Waals surface area contributed by atoms with Gasteiger partial charge in [0.15, 0.2) is 0 Å². The summed E-state index contributed by atoms with van der Waals surface area (Å²) >= 11 is 0. The summed E-state index contributed by atoms with van der Waals surface area (Å²) in [6.45, 7) is 0. The van der Waals surface area contributed by atoms with Crippen LogP contribution in [0.1, 0.15) is 30.4 Å². The molecule has 16 heavy (non-hydrogen) atoms. The lowest BCUT2D eigenvalue weighted by atomic mass is 9.77. The highest BCUT2D eigenvalue weighted by Crippen LogP contribution is 2.46. The van der Waals surface area contributed by atoms with E-state index in [0.717, 1.165) is 19.3 Å². The van der Waals surface area contributed by atoms with Crippen molar-refractivity contribution >= 4 is 0 Å². The number of rotatable bonds is 1. The molecule has 4 nitrogen and oxygen atoms in total. The van der Waals surface area contributed by atoms with E-state index >= 15 is 0 Å². The molecular weight excluding hydrogens is 208 g/mol. The van der Waals surface area contributed by atoms with Gasteiger partial charge in [0.25, 0.3) is 0 Å². The molecule has 1 saturated heterocycles. The maximum absolute atomic E-state index is 8.62. The van der Waals surface area contributed by atoms with Gasteiger partial charge in [0.1, 0.15) is 5.60 Å². The highest BCUT2D eigenvalue weighted by molar-refractivity contribution is 5.35. The molecule has 1 N–H and O–H groups in total. The molecule has 1 aliphatic heterocycles. The van der Waals surface area contributed by atoms with E-state index in [-0.39, 0.29) is 0 Å². The van der Waals surface area contributed by atoms with E-state index in [1.54, 1.807) is 0 Å². The lowest BCUT2D eigenvalue weighted by Gasteiger charge is -2.32. The van der Waals surface area contributed by atoms with Crippen LogP contribution in [0.25, 0.3) is 0 Å². The Morgan fingerprint density at radius 1 is 1.38 bits per heavy atom. The molecular formula is C12H14O4. The van der Waals surface area contributed by atoms with Crippen molar-refractivity contribution in [1.82, 2.24) is 0 Å². The predicted octanol–water partition coefficient (Wildman–Crippen LogP) is 2.39. The Morgan fingerprint density at radius 3 is 3.06 bits per heavy atom. The fourth-order valence-corrected chi connectivity index (χ4v) is 2.72. The highest BCUT2D eigenvalue weighted by Gasteiger charge is 2.47. The van der Waals surface area contributed by atoms with Crippen LogP contribution in [-0.2, 0) is 26.7 Å². The van der Waals surface area contributed by atoms with Gasteiger partial charge in [-0.3, -0.25) is 0 Å². The van der Waals surface area contributed by atoms with Crippen LogP contribution < -0.4 is 0 Å². The molecule has 1 spiro atoms. The number of hydrogen-bond acceptors (Lipinski definition) is 4. The first kappa shape index (κ1) is 10.2. The van der Waals surface area contributed by atoms with Gasteiger partial charge in [-0.05, 0) is 30.4 Å². The Balaban J connectivity index is 1.98. The van der Waals surface area contributed by atoms with Crippen LogP contribution in [0.5, 0.6) is 0 Å². The van der Waals surface area contributed by atoms with Gasteiger partial charge in [-0.1, -0.05) is 24.3 Å². The van der Waals surface area contributed by atoms with Gasteiger partial charge in [0, 0.05) is 6.42 Å². The third-order valence-electron chi connectivity index (χ3n) is 3.46. The Kier molecular flexibility index (Phi) is 2.44. The molecule has 0 amide bonds. The van der Waals surface area contributed by atoms with Crippen molar-refractivity contribution < 1.29 is 19.9 Å². The quantitative estimate of drug-likeness (QED) is 0.585. The second-order valence-electron chi connectivity index (χ2n) is 4.42. The number of hydrogen-bond donors (Lipinski definition) is 1. The summed E-state index contributed by atoms with van der Waals surface area (Å²) in [6, 6.07) is 8.22. The molecule has 2 atom stereocenters. The fourth-order valence-electron chi connectivity index (χ4n) is 2.72. The largest absolute Gasteiger partial charge is 0.249 e. The van der Waals surface area contributed by atoms with E-state index in [0.29, 0.717) is 6.42 Å². The lowest BCUT2D eigenvalue weighted by molar-refractivity contribution is -0.426. The summed E-state index contributed by atoms with van der Waals surface area (Å²) in [5.74, 6) is 0. The SMILES string of the molecule is OOC1CC2(CCCc3ccccc32)OO1. The van der Waals surface area contributed by atoms with Crippen molar-refractivity contribution in [3.63, 3.8) is 0 Å². The first-order chi connectivity index (χ1) is 7.84. The first-order valence-corrected chi connectivity index (χ1v) is 5.57. The topological polar surface area (TPSA) is 47.9 Å². The molecule has 2 aliphatic rings. The van der Waals surface area contributed by atoms with E-state index < -0.39 is 11.9 Å². The number of aryl methyl sites for hydroxylation is 1. The van der Waals surface area contributed by atoms with Crippen molar-refractivity contribution in [1.29, 1.82) is 0 Å². The van der Waals surface area contributed by atoms with Crippen LogP contribution >= 0.6 is 0 Å². The molecule has 1 heterocycles. The minimum Gasteiger partial charge on any atom is -0.249 e. The molecule has 1 aliphatic carbocycles. The van der Waals surface area contributed by atoms with Crippen molar-refractivity contribution in [3.8, 4) is 0 Å². The summed E-state index contributed by atoms with van der Waals surface area (Å²) in [7, 11) is 0.